The van der Waals surface area contributed by atoms with E-state index >= 15 is 0 Å². The number of carbonyl (C=O) groups excluding carboxylic acids is 4. The average Bonchev–Trinajstić information content (AvgIpc) is 1.48. The highest BCUT2D eigenvalue weighted by molar-refractivity contribution is 7.47. The molecule has 0 aromatic carbocycles. The van der Waals surface area contributed by atoms with Crippen LogP contribution in [0.3, 0.4) is 0 Å². The summed E-state index contributed by atoms with van der Waals surface area (Å²) in [6.07, 6.45) is 49.9. The number of rotatable bonds is 73. The molecule has 0 rings (SSSR count). The first kappa shape index (κ1) is 93.1. The predicted molar refractivity (Wildman–Crippen MR) is 386 cm³/mol. The molecule has 95 heavy (non-hydrogen) atoms. The molecule has 0 radical (unpaired) electrons. The number of hydrogen-bond acceptors (Lipinski definition) is 15. The van der Waals surface area contributed by atoms with E-state index in [1.54, 1.807) is 0 Å². The fourth-order valence-corrected chi connectivity index (χ4v) is 13.1. The fraction of sp³-hybridized carbons (Fsp3) is 0.947. The number of phosphoric acid groups is 2. The normalized spacial score (nSPS) is 14.4. The summed E-state index contributed by atoms with van der Waals surface area (Å²) in [7, 11) is -9.91. The fourth-order valence-electron chi connectivity index (χ4n) is 11.5. The van der Waals surface area contributed by atoms with Gasteiger partial charge in [-0.3, -0.25) is 37.3 Å². The molecule has 19 heteroatoms. The summed E-state index contributed by atoms with van der Waals surface area (Å²) in [4.78, 5) is 72.8. The zero-order chi connectivity index (χ0) is 70.3. The van der Waals surface area contributed by atoms with Gasteiger partial charge in [-0.1, -0.05) is 331 Å². The van der Waals surface area contributed by atoms with Crippen molar-refractivity contribution < 1.29 is 80.2 Å². The Bertz CT molecular complexity index is 1870. The van der Waals surface area contributed by atoms with Crippen LogP contribution in [0.25, 0.3) is 0 Å². The van der Waals surface area contributed by atoms with Crippen LogP contribution in [-0.2, 0) is 65.4 Å². The van der Waals surface area contributed by atoms with Crippen LogP contribution in [0.15, 0.2) is 0 Å². The second-order valence-corrected chi connectivity index (χ2v) is 32.0. The van der Waals surface area contributed by atoms with Crippen LogP contribution >= 0.6 is 15.6 Å². The van der Waals surface area contributed by atoms with E-state index in [2.05, 4.69) is 55.4 Å². The van der Waals surface area contributed by atoms with Crippen molar-refractivity contribution in [3.63, 3.8) is 0 Å². The topological polar surface area (TPSA) is 237 Å². The lowest BCUT2D eigenvalue weighted by molar-refractivity contribution is -0.161. The number of ether oxygens (including phenoxy) is 4. The molecule has 564 valence electrons. The minimum atomic E-state index is -4.96. The highest BCUT2D eigenvalue weighted by Gasteiger charge is 2.30. The lowest BCUT2D eigenvalue weighted by Gasteiger charge is -2.21. The van der Waals surface area contributed by atoms with Crippen LogP contribution in [-0.4, -0.2) is 96.7 Å². The molecule has 0 heterocycles. The molecule has 0 fully saturated rings. The zero-order valence-electron chi connectivity index (χ0n) is 62.3. The van der Waals surface area contributed by atoms with E-state index in [4.69, 9.17) is 37.0 Å². The van der Waals surface area contributed by atoms with Crippen molar-refractivity contribution in [2.45, 2.75) is 401 Å². The molecule has 6 atom stereocenters. The van der Waals surface area contributed by atoms with Gasteiger partial charge in [0.15, 0.2) is 12.2 Å². The Labute approximate surface area is 581 Å². The van der Waals surface area contributed by atoms with Crippen LogP contribution in [0.4, 0.5) is 0 Å². The molecule has 3 N–H and O–H groups in total. The van der Waals surface area contributed by atoms with E-state index in [0.29, 0.717) is 31.6 Å². The molecular formula is C76H148O17P2. The molecule has 0 amide bonds. The van der Waals surface area contributed by atoms with Crippen molar-refractivity contribution in [1.82, 2.24) is 0 Å². The second-order valence-electron chi connectivity index (χ2n) is 29.1. The van der Waals surface area contributed by atoms with Gasteiger partial charge < -0.3 is 33.8 Å². The zero-order valence-corrected chi connectivity index (χ0v) is 64.1. The third kappa shape index (κ3) is 69.0. The number of unbranched alkanes of at least 4 members (excludes halogenated alkanes) is 38. The summed E-state index contributed by atoms with van der Waals surface area (Å²) in [6, 6.07) is 0. The maximum absolute atomic E-state index is 13.1. The molecule has 0 aromatic heterocycles. The predicted octanol–water partition coefficient (Wildman–Crippen LogP) is 22.0. The van der Waals surface area contributed by atoms with Gasteiger partial charge in [-0.2, -0.15) is 0 Å². The average molecular weight is 1400 g/mol. The maximum Gasteiger partial charge on any atom is 0.472 e. The van der Waals surface area contributed by atoms with E-state index in [0.717, 1.165) is 114 Å². The first-order valence-electron chi connectivity index (χ1n) is 39.2. The summed E-state index contributed by atoms with van der Waals surface area (Å²) in [5, 5.41) is 10.6. The van der Waals surface area contributed by atoms with Crippen molar-refractivity contribution in [1.29, 1.82) is 0 Å². The molecule has 4 unspecified atom stereocenters. The van der Waals surface area contributed by atoms with Crippen LogP contribution in [0.5, 0.6) is 0 Å². The van der Waals surface area contributed by atoms with Crippen LogP contribution in [0.2, 0.25) is 0 Å². The van der Waals surface area contributed by atoms with Gasteiger partial charge in [-0.25, -0.2) is 9.13 Å². The molecule has 0 aromatic rings. The summed E-state index contributed by atoms with van der Waals surface area (Å²) < 4.78 is 68.5. The Balaban J connectivity index is 5.26. The van der Waals surface area contributed by atoms with Crippen LogP contribution in [0, 0.1) is 23.7 Å². The minimum absolute atomic E-state index is 0.105. The van der Waals surface area contributed by atoms with Crippen molar-refractivity contribution in [2.75, 3.05) is 39.6 Å². The quantitative estimate of drug-likeness (QED) is 0.0222. The molecule has 0 saturated heterocycles. The third-order valence-electron chi connectivity index (χ3n) is 17.9. The lowest BCUT2D eigenvalue weighted by atomic mass is 9.99. The first-order chi connectivity index (χ1) is 45.6. The summed E-state index contributed by atoms with van der Waals surface area (Å²) >= 11 is 0. The molecule has 0 aliphatic heterocycles. The van der Waals surface area contributed by atoms with Crippen molar-refractivity contribution in [3.05, 3.63) is 0 Å². The third-order valence-corrected chi connectivity index (χ3v) is 19.8. The minimum Gasteiger partial charge on any atom is -0.462 e. The van der Waals surface area contributed by atoms with Gasteiger partial charge in [0.25, 0.3) is 0 Å². The van der Waals surface area contributed by atoms with Crippen LogP contribution in [0.1, 0.15) is 383 Å². The summed E-state index contributed by atoms with van der Waals surface area (Å²) in [6.45, 7) is 14.2. The first-order valence-corrected chi connectivity index (χ1v) is 42.2. The van der Waals surface area contributed by atoms with E-state index in [9.17, 15) is 43.2 Å². The van der Waals surface area contributed by atoms with Gasteiger partial charge >= 0.3 is 39.5 Å². The van der Waals surface area contributed by atoms with Gasteiger partial charge in [0.1, 0.15) is 19.3 Å². The SMILES string of the molecule is CCC(C)CCCCCCCCCCCCC(=O)OC[C@H](COP(=O)(O)OCC(O)COP(=O)(O)OC[C@@H](COC(=O)CCCCCCCCCC(C)C)OC(=O)CCCCCCCCCCCCCC(C)C)OC(=O)CCCCCCCCCCCCCCCCC(C)C. The van der Waals surface area contributed by atoms with E-state index < -0.39 is 97.5 Å². The summed E-state index contributed by atoms with van der Waals surface area (Å²) in [5.41, 5.74) is 0. The Morgan fingerprint density at radius 1 is 0.295 bits per heavy atom. The van der Waals surface area contributed by atoms with Crippen LogP contribution < -0.4 is 0 Å². The second kappa shape index (κ2) is 65.4. The standard InChI is InChI=1S/C76H148O17P2/c1-9-69(8)55-47-39-31-23-19-20-24-32-40-48-56-73(78)86-62-71(92-75(80)58-50-42-33-25-17-13-11-10-12-15-21-28-36-44-52-66(2)3)64-90-94(82,83)88-60-70(77)61-89-95(84,85)91-65-72(63-87-74(79)57-49-41-35-27-30-38-46-54-68(6)7)93-76(81)59-51-43-34-26-18-14-16-22-29-37-45-53-67(4)5/h66-72,77H,9-65H2,1-8H3,(H,82,83)(H,84,85)/t69?,70?,71-,72-/m1/s1. The molecular weight excluding hydrogens is 1250 g/mol. The highest BCUT2D eigenvalue weighted by atomic mass is 31.2. The molecule has 0 saturated carbocycles. The number of aliphatic hydroxyl groups excluding tert-OH is 1. The molecule has 0 aliphatic rings. The lowest BCUT2D eigenvalue weighted by Crippen LogP contribution is -2.30. The number of hydrogen-bond donors (Lipinski definition) is 3. The number of phosphoric ester groups is 2. The largest absolute Gasteiger partial charge is 0.472 e. The van der Waals surface area contributed by atoms with Crippen molar-refractivity contribution >= 4 is 39.5 Å². The monoisotopic (exact) mass is 1400 g/mol. The molecule has 0 spiro atoms. The Hall–Kier alpha value is -1.94. The van der Waals surface area contributed by atoms with Gasteiger partial charge in [0.2, 0.25) is 0 Å². The van der Waals surface area contributed by atoms with E-state index in [1.807, 2.05) is 0 Å². The van der Waals surface area contributed by atoms with E-state index in [-0.39, 0.29) is 25.7 Å². The Morgan fingerprint density at radius 2 is 0.505 bits per heavy atom. The highest BCUT2D eigenvalue weighted by Crippen LogP contribution is 2.45. The molecule has 0 aliphatic carbocycles. The number of carbonyl (C=O) groups is 4. The van der Waals surface area contributed by atoms with E-state index in [1.165, 1.54) is 180 Å². The van der Waals surface area contributed by atoms with Gasteiger partial charge in [-0.05, 0) is 49.4 Å². The molecule has 0 bridgehead atoms. The van der Waals surface area contributed by atoms with Gasteiger partial charge in [-0.15, -0.1) is 0 Å². The maximum atomic E-state index is 13.1. The summed E-state index contributed by atoms with van der Waals surface area (Å²) in [5.74, 6) is 0.954. The molecule has 17 nitrogen and oxygen atoms in total. The number of esters is 4. The van der Waals surface area contributed by atoms with Crippen molar-refractivity contribution in [2.24, 2.45) is 23.7 Å². The van der Waals surface area contributed by atoms with Gasteiger partial charge in [0, 0.05) is 25.7 Å². The Morgan fingerprint density at radius 3 is 0.747 bits per heavy atom. The van der Waals surface area contributed by atoms with Gasteiger partial charge in [0.05, 0.1) is 26.4 Å². The smallest absolute Gasteiger partial charge is 0.462 e. The Kier molecular flexibility index (Phi) is 64.0. The number of aliphatic hydroxyl groups is 1. The van der Waals surface area contributed by atoms with Crippen molar-refractivity contribution in [3.8, 4) is 0 Å².